The predicted octanol–water partition coefficient (Wildman–Crippen LogP) is 2.61. The molecule has 0 fully saturated rings. The van der Waals surface area contributed by atoms with Gasteiger partial charge in [-0.3, -0.25) is 4.57 Å². The van der Waals surface area contributed by atoms with Gasteiger partial charge in [0, 0.05) is 5.69 Å². The molecule has 0 bridgehead atoms. The highest BCUT2D eigenvalue weighted by Crippen LogP contribution is 2.28. The van der Waals surface area contributed by atoms with E-state index in [4.69, 9.17) is 5.73 Å². The van der Waals surface area contributed by atoms with Gasteiger partial charge in [-0.15, -0.1) is 0 Å². The number of nitrogen functional groups attached to an aromatic ring is 1. The second-order valence-electron chi connectivity index (χ2n) is 4.51. The first kappa shape index (κ1) is 11.2. The standard InChI is InChI=1S/C13H13F2N3/c14-8-5-6-9(16)13(12(8)15)18-7-17-10-3-1-2-4-11(10)18/h5-7H,1-4,16H2. The van der Waals surface area contributed by atoms with Crippen LogP contribution in [-0.4, -0.2) is 9.55 Å². The lowest BCUT2D eigenvalue weighted by Crippen LogP contribution is -2.10. The highest BCUT2D eigenvalue weighted by molar-refractivity contribution is 5.59. The molecule has 1 aliphatic carbocycles. The van der Waals surface area contributed by atoms with Gasteiger partial charge in [-0.25, -0.2) is 13.8 Å². The third kappa shape index (κ3) is 1.58. The molecule has 2 N–H and O–H groups in total. The van der Waals surface area contributed by atoms with Crippen LogP contribution in [0.15, 0.2) is 18.5 Å². The summed E-state index contributed by atoms with van der Waals surface area (Å²) in [5.74, 6) is -1.81. The average molecular weight is 249 g/mol. The number of halogens is 2. The smallest absolute Gasteiger partial charge is 0.184 e. The summed E-state index contributed by atoms with van der Waals surface area (Å²) in [6.07, 6.45) is 5.37. The number of aryl methyl sites for hydroxylation is 1. The van der Waals surface area contributed by atoms with E-state index in [1.54, 1.807) is 4.57 Å². The van der Waals surface area contributed by atoms with Gasteiger partial charge in [0.25, 0.3) is 0 Å². The van der Waals surface area contributed by atoms with Crippen molar-refractivity contribution in [2.75, 3.05) is 5.73 Å². The topological polar surface area (TPSA) is 43.8 Å². The summed E-state index contributed by atoms with van der Waals surface area (Å²) in [7, 11) is 0. The first-order valence-corrected chi connectivity index (χ1v) is 5.97. The number of anilines is 1. The monoisotopic (exact) mass is 249 g/mol. The van der Waals surface area contributed by atoms with Crippen LogP contribution in [0.25, 0.3) is 5.69 Å². The van der Waals surface area contributed by atoms with Crippen LogP contribution in [0.1, 0.15) is 24.2 Å². The van der Waals surface area contributed by atoms with Crippen molar-refractivity contribution in [3.63, 3.8) is 0 Å². The molecule has 18 heavy (non-hydrogen) atoms. The molecule has 0 saturated carbocycles. The van der Waals surface area contributed by atoms with Crippen LogP contribution >= 0.6 is 0 Å². The minimum absolute atomic E-state index is 0.0747. The van der Waals surface area contributed by atoms with Gasteiger partial charge >= 0.3 is 0 Å². The first-order valence-electron chi connectivity index (χ1n) is 5.97. The van der Waals surface area contributed by atoms with E-state index in [2.05, 4.69) is 4.98 Å². The molecule has 0 atom stereocenters. The van der Waals surface area contributed by atoms with Crippen LogP contribution in [0.2, 0.25) is 0 Å². The molecule has 1 aliphatic rings. The molecule has 1 heterocycles. The van der Waals surface area contributed by atoms with Gasteiger partial charge in [-0.2, -0.15) is 0 Å². The van der Waals surface area contributed by atoms with Crippen LogP contribution in [0.3, 0.4) is 0 Å². The average Bonchev–Trinajstić information content (AvgIpc) is 2.79. The van der Waals surface area contributed by atoms with E-state index in [0.29, 0.717) is 0 Å². The van der Waals surface area contributed by atoms with Crippen molar-refractivity contribution in [3.05, 3.63) is 41.5 Å². The highest BCUT2D eigenvalue weighted by Gasteiger charge is 2.21. The van der Waals surface area contributed by atoms with Crippen LogP contribution in [-0.2, 0) is 12.8 Å². The fourth-order valence-electron chi connectivity index (χ4n) is 2.46. The maximum atomic E-state index is 13.9. The van der Waals surface area contributed by atoms with Crippen LogP contribution < -0.4 is 5.73 Å². The molecule has 5 heteroatoms. The number of nitrogens with two attached hydrogens (primary N) is 1. The van der Waals surface area contributed by atoms with Gasteiger partial charge in [0.2, 0.25) is 0 Å². The van der Waals surface area contributed by atoms with Gasteiger partial charge in [0.05, 0.1) is 17.7 Å². The zero-order chi connectivity index (χ0) is 12.7. The molecule has 0 spiro atoms. The SMILES string of the molecule is Nc1ccc(F)c(F)c1-n1cnc2c1CCCC2. The Morgan fingerprint density at radius 2 is 1.94 bits per heavy atom. The molecule has 2 aromatic rings. The predicted molar refractivity (Wildman–Crippen MR) is 64.5 cm³/mol. The minimum Gasteiger partial charge on any atom is -0.397 e. The molecule has 94 valence electrons. The van der Waals surface area contributed by atoms with Gasteiger partial charge in [-0.05, 0) is 37.8 Å². The Balaban J connectivity index is 2.21. The fraction of sp³-hybridized carbons (Fsp3) is 0.308. The molecule has 1 aromatic heterocycles. The van der Waals surface area contributed by atoms with Crippen LogP contribution in [0.4, 0.5) is 14.5 Å². The maximum Gasteiger partial charge on any atom is 0.184 e. The number of imidazole rings is 1. The zero-order valence-electron chi connectivity index (χ0n) is 9.79. The highest BCUT2D eigenvalue weighted by atomic mass is 19.2. The quantitative estimate of drug-likeness (QED) is 0.789. The second kappa shape index (κ2) is 4.08. The molecule has 0 amide bonds. The Labute approximate surface area is 103 Å². The number of aromatic nitrogens is 2. The van der Waals surface area contributed by atoms with Gasteiger partial charge in [-0.1, -0.05) is 0 Å². The third-order valence-corrected chi connectivity index (χ3v) is 3.37. The van der Waals surface area contributed by atoms with Gasteiger partial charge < -0.3 is 5.73 Å². The zero-order valence-corrected chi connectivity index (χ0v) is 9.79. The molecule has 0 radical (unpaired) electrons. The molecule has 0 unspecified atom stereocenters. The summed E-state index contributed by atoms with van der Waals surface area (Å²) < 4.78 is 28.8. The molecule has 0 saturated heterocycles. The van der Waals surface area contributed by atoms with E-state index < -0.39 is 11.6 Å². The van der Waals surface area contributed by atoms with E-state index >= 15 is 0 Å². The second-order valence-corrected chi connectivity index (χ2v) is 4.51. The number of hydrogen-bond donors (Lipinski definition) is 1. The summed E-state index contributed by atoms with van der Waals surface area (Å²) in [6, 6.07) is 2.42. The van der Waals surface area contributed by atoms with E-state index in [1.807, 2.05) is 0 Å². The molecule has 3 nitrogen and oxygen atoms in total. The minimum atomic E-state index is -0.916. The molecule has 3 rings (SSSR count). The molecule has 0 aliphatic heterocycles. The number of fused-ring (bicyclic) bond motifs is 1. The lowest BCUT2D eigenvalue weighted by atomic mass is 10.0. The van der Waals surface area contributed by atoms with Gasteiger partial charge in [0.15, 0.2) is 11.6 Å². The Hall–Kier alpha value is -1.91. The van der Waals surface area contributed by atoms with Crippen molar-refractivity contribution in [2.45, 2.75) is 25.7 Å². The van der Waals surface area contributed by atoms with Crippen molar-refractivity contribution in [3.8, 4) is 5.69 Å². The van der Waals surface area contributed by atoms with E-state index in [9.17, 15) is 8.78 Å². The Bertz CT molecular complexity index is 605. The number of benzene rings is 1. The summed E-state index contributed by atoms with van der Waals surface area (Å²) in [6.45, 7) is 0. The Morgan fingerprint density at radius 1 is 1.17 bits per heavy atom. The van der Waals surface area contributed by atoms with Crippen molar-refractivity contribution in [2.24, 2.45) is 0 Å². The third-order valence-electron chi connectivity index (χ3n) is 3.37. The van der Waals surface area contributed by atoms with Crippen molar-refractivity contribution in [1.82, 2.24) is 9.55 Å². The Kier molecular flexibility index (Phi) is 2.54. The summed E-state index contributed by atoms with van der Waals surface area (Å²) in [4.78, 5) is 4.26. The van der Waals surface area contributed by atoms with Crippen molar-refractivity contribution < 1.29 is 8.78 Å². The molecule has 1 aromatic carbocycles. The lowest BCUT2D eigenvalue weighted by Gasteiger charge is -2.16. The maximum absolute atomic E-state index is 13.9. The first-order chi connectivity index (χ1) is 8.68. The normalized spacial score (nSPS) is 14.6. The number of rotatable bonds is 1. The summed E-state index contributed by atoms with van der Waals surface area (Å²) >= 11 is 0. The summed E-state index contributed by atoms with van der Waals surface area (Å²) in [5, 5.41) is 0. The fourth-order valence-corrected chi connectivity index (χ4v) is 2.46. The number of hydrogen-bond acceptors (Lipinski definition) is 2. The largest absolute Gasteiger partial charge is 0.397 e. The van der Waals surface area contributed by atoms with E-state index in [-0.39, 0.29) is 11.4 Å². The van der Waals surface area contributed by atoms with Crippen molar-refractivity contribution >= 4 is 5.69 Å². The van der Waals surface area contributed by atoms with Crippen LogP contribution in [0, 0.1) is 11.6 Å². The Morgan fingerprint density at radius 3 is 2.78 bits per heavy atom. The van der Waals surface area contributed by atoms with Crippen molar-refractivity contribution in [1.29, 1.82) is 0 Å². The molecular weight excluding hydrogens is 236 g/mol. The molecular formula is C13H13F2N3. The van der Waals surface area contributed by atoms with Gasteiger partial charge in [0.1, 0.15) is 5.69 Å². The number of nitrogens with zero attached hydrogens (tertiary/aromatic N) is 2. The van der Waals surface area contributed by atoms with E-state index in [0.717, 1.165) is 43.1 Å². The summed E-state index contributed by atoms with van der Waals surface area (Å²) in [5.41, 5.74) is 7.96. The van der Waals surface area contributed by atoms with E-state index in [1.165, 1.54) is 12.4 Å². The lowest BCUT2D eigenvalue weighted by molar-refractivity contribution is 0.503. The van der Waals surface area contributed by atoms with Crippen LogP contribution in [0.5, 0.6) is 0 Å².